The zero-order valence-electron chi connectivity index (χ0n) is 16.7. The number of hydrogen-bond donors (Lipinski definition) is 2. The first kappa shape index (κ1) is 18.1. The monoisotopic (exact) mass is 378 g/mol. The molecule has 1 spiro atoms. The van der Waals surface area contributed by atoms with Gasteiger partial charge in [-0.15, -0.1) is 0 Å². The molecule has 1 aromatic heterocycles. The summed E-state index contributed by atoms with van der Waals surface area (Å²) >= 11 is 0. The largest absolute Gasteiger partial charge is 0.393 e. The Morgan fingerprint density at radius 1 is 1.07 bits per heavy atom. The van der Waals surface area contributed by atoms with Crippen LogP contribution < -0.4 is 5.32 Å². The van der Waals surface area contributed by atoms with Crippen molar-refractivity contribution in [2.45, 2.75) is 62.5 Å². The Bertz CT molecular complexity index is 845. The molecule has 2 fully saturated rings. The van der Waals surface area contributed by atoms with Gasteiger partial charge in [-0.05, 0) is 65.1 Å². The number of aliphatic hydroxyl groups excluding tert-OH is 1. The lowest BCUT2D eigenvalue weighted by atomic mass is 9.76. The predicted molar refractivity (Wildman–Crippen MR) is 111 cm³/mol. The van der Waals surface area contributed by atoms with Crippen molar-refractivity contribution in [3.63, 3.8) is 0 Å². The molecular formula is C23H30N4O. The summed E-state index contributed by atoms with van der Waals surface area (Å²) in [6.45, 7) is 2.28. The average molecular weight is 379 g/mol. The summed E-state index contributed by atoms with van der Waals surface area (Å²) in [5.41, 5.74) is 3.90. The summed E-state index contributed by atoms with van der Waals surface area (Å²) in [5, 5.41) is 13.6. The van der Waals surface area contributed by atoms with Crippen molar-refractivity contribution in [2.75, 3.05) is 25.5 Å². The molecule has 5 heteroatoms. The molecule has 3 aliphatic rings. The molecule has 2 aliphatic carbocycles. The van der Waals surface area contributed by atoms with E-state index in [4.69, 9.17) is 9.97 Å². The maximum absolute atomic E-state index is 9.95. The van der Waals surface area contributed by atoms with E-state index in [1.54, 1.807) is 0 Å². The molecular weight excluding hydrogens is 348 g/mol. The fraction of sp³-hybridized carbons (Fsp3) is 0.565. The number of fused-ring (bicyclic) bond motifs is 2. The highest BCUT2D eigenvalue weighted by Crippen LogP contribution is 2.47. The Kier molecular flexibility index (Phi) is 4.60. The van der Waals surface area contributed by atoms with Gasteiger partial charge in [0, 0.05) is 22.6 Å². The molecule has 5 nitrogen and oxygen atoms in total. The minimum atomic E-state index is -0.179. The molecule has 1 saturated heterocycles. The highest BCUT2D eigenvalue weighted by molar-refractivity contribution is 5.62. The van der Waals surface area contributed by atoms with Gasteiger partial charge >= 0.3 is 0 Å². The number of nitrogens with one attached hydrogen (secondary N) is 1. The fourth-order valence-corrected chi connectivity index (χ4v) is 5.29. The summed E-state index contributed by atoms with van der Waals surface area (Å²) < 4.78 is 0. The van der Waals surface area contributed by atoms with E-state index in [2.05, 4.69) is 41.5 Å². The van der Waals surface area contributed by atoms with E-state index >= 15 is 0 Å². The Morgan fingerprint density at radius 3 is 2.57 bits per heavy atom. The maximum atomic E-state index is 9.95. The second-order valence-electron chi connectivity index (χ2n) is 8.98. The van der Waals surface area contributed by atoms with Crippen LogP contribution in [0.15, 0.2) is 30.3 Å². The summed E-state index contributed by atoms with van der Waals surface area (Å²) in [7, 11) is 2.22. The number of nitrogens with zero attached hydrogens (tertiary/aromatic N) is 3. The Morgan fingerprint density at radius 2 is 1.86 bits per heavy atom. The van der Waals surface area contributed by atoms with Gasteiger partial charge in [0.25, 0.3) is 0 Å². The van der Waals surface area contributed by atoms with Crippen LogP contribution in [-0.2, 0) is 11.8 Å². The quantitative estimate of drug-likeness (QED) is 0.857. The van der Waals surface area contributed by atoms with Gasteiger partial charge in [-0.3, -0.25) is 0 Å². The van der Waals surface area contributed by atoms with Gasteiger partial charge < -0.3 is 15.3 Å². The molecule has 1 saturated carbocycles. The molecule has 5 rings (SSSR count). The van der Waals surface area contributed by atoms with Gasteiger partial charge in [0.2, 0.25) is 0 Å². The third-order valence-electron chi connectivity index (χ3n) is 7.08. The molecule has 0 radical (unpaired) electrons. The van der Waals surface area contributed by atoms with E-state index in [1.807, 2.05) is 6.07 Å². The van der Waals surface area contributed by atoms with Gasteiger partial charge in [-0.1, -0.05) is 30.3 Å². The second kappa shape index (κ2) is 7.12. The van der Waals surface area contributed by atoms with Gasteiger partial charge in [-0.2, -0.15) is 0 Å². The summed E-state index contributed by atoms with van der Waals surface area (Å²) in [6, 6.07) is 10.7. The van der Waals surface area contributed by atoms with Gasteiger partial charge in [0.15, 0.2) is 5.82 Å². The second-order valence-corrected chi connectivity index (χ2v) is 8.98. The number of hydrogen-bond acceptors (Lipinski definition) is 5. The number of aromatic nitrogens is 2. The van der Waals surface area contributed by atoms with Crippen LogP contribution in [0.3, 0.4) is 0 Å². The summed E-state index contributed by atoms with van der Waals surface area (Å²) in [5.74, 6) is 1.85. The van der Waals surface area contributed by atoms with Crippen molar-refractivity contribution in [1.82, 2.24) is 14.9 Å². The van der Waals surface area contributed by atoms with Gasteiger partial charge in [0.05, 0.1) is 11.8 Å². The van der Waals surface area contributed by atoms with Crippen molar-refractivity contribution in [3.8, 4) is 11.4 Å². The van der Waals surface area contributed by atoms with Crippen LogP contribution in [0.2, 0.25) is 0 Å². The van der Waals surface area contributed by atoms with E-state index in [-0.39, 0.29) is 11.5 Å². The van der Waals surface area contributed by atoms with Crippen LogP contribution >= 0.6 is 0 Å². The van der Waals surface area contributed by atoms with Crippen molar-refractivity contribution < 1.29 is 5.11 Å². The van der Waals surface area contributed by atoms with E-state index in [0.717, 1.165) is 56.0 Å². The highest BCUT2D eigenvalue weighted by atomic mass is 16.3. The van der Waals surface area contributed by atoms with Crippen LogP contribution in [0, 0.1) is 0 Å². The van der Waals surface area contributed by atoms with Crippen LogP contribution in [0.4, 0.5) is 5.82 Å². The lowest BCUT2D eigenvalue weighted by Crippen LogP contribution is -2.40. The van der Waals surface area contributed by atoms with Crippen molar-refractivity contribution in [1.29, 1.82) is 0 Å². The normalized spacial score (nSPS) is 26.5. The van der Waals surface area contributed by atoms with Crippen LogP contribution in [0.25, 0.3) is 11.4 Å². The zero-order valence-corrected chi connectivity index (χ0v) is 16.7. The van der Waals surface area contributed by atoms with Gasteiger partial charge in [0.1, 0.15) is 5.82 Å². The molecule has 2 N–H and O–H groups in total. The third kappa shape index (κ3) is 3.20. The predicted octanol–water partition coefficient (Wildman–Crippen LogP) is 3.38. The smallest absolute Gasteiger partial charge is 0.161 e. The summed E-state index contributed by atoms with van der Waals surface area (Å²) in [6.07, 6.45) is 7.14. The van der Waals surface area contributed by atoms with Crippen LogP contribution in [0.5, 0.6) is 0 Å². The number of aliphatic hydroxyl groups is 1. The molecule has 0 amide bonds. The summed E-state index contributed by atoms with van der Waals surface area (Å²) in [4.78, 5) is 12.6. The van der Waals surface area contributed by atoms with Crippen molar-refractivity contribution in [3.05, 3.63) is 41.6 Å². The number of rotatable bonds is 3. The number of anilines is 1. The van der Waals surface area contributed by atoms with Crippen molar-refractivity contribution in [2.24, 2.45) is 0 Å². The molecule has 2 atom stereocenters. The van der Waals surface area contributed by atoms with Crippen LogP contribution in [0.1, 0.15) is 49.8 Å². The minimum absolute atomic E-state index is 0.179. The standard InChI is InChI=1S/C23H30N4O/c1-27-13-11-23(12-14-27)10-9-19-20(23)25-21(16-5-3-2-4-6-16)26-22(19)24-17-7-8-18(28)15-17/h2-6,17-18,28H,7-15H2,1H3,(H,24,25,26). The molecule has 148 valence electrons. The molecule has 1 aromatic carbocycles. The lowest BCUT2D eigenvalue weighted by molar-refractivity contribution is 0.182. The SMILES string of the molecule is CN1CCC2(CCc3c(NC4CCC(O)C4)nc(-c4ccccc4)nc32)CC1. The molecule has 28 heavy (non-hydrogen) atoms. The number of piperidine rings is 1. The molecule has 0 bridgehead atoms. The number of benzene rings is 1. The fourth-order valence-electron chi connectivity index (χ4n) is 5.29. The van der Waals surface area contributed by atoms with E-state index in [9.17, 15) is 5.11 Å². The average Bonchev–Trinajstić information content (AvgIpc) is 3.29. The number of likely N-dealkylation sites (tertiary alicyclic amines) is 1. The van der Waals surface area contributed by atoms with Gasteiger partial charge in [-0.25, -0.2) is 9.97 Å². The van der Waals surface area contributed by atoms with E-state index in [0.29, 0.717) is 6.04 Å². The molecule has 1 aliphatic heterocycles. The highest BCUT2D eigenvalue weighted by Gasteiger charge is 2.44. The first-order valence-electron chi connectivity index (χ1n) is 10.7. The van der Waals surface area contributed by atoms with E-state index < -0.39 is 0 Å². The Labute approximate surface area is 167 Å². The van der Waals surface area contributed by atoms with Crippen molar-refractivity contribution >= 4 is 5.82 Å². The first-order chi connectivity index (χ1) is 13.6. The molecule has 2 heterocycles. The first-order valence-corrected chi connectivity index (χ1v) is 10.7. The Hall–Kier alpha value is -1.98. The Balaban J connectivity index is 1.56. The van der Waals surface area contributed by atoms with E-state index in [1.165, 1.54) is 30.5 Å². The zero-order chi connectivity index (χ0) is 19.1. The minimum Gasteiger partial charge on any atom is -0.393 e. The lowest BCUT2D eigenvalue weighted by Gasteiger charge is -2.38. The molecule has 2 aromatic rings. The molecule has 2 unspecified atom stereocenters. The van der Waals surface area contributed by atoms with Crippen LogP contribution in [-0.4, -0.2) is 52.3 Å². The maximum Gasteiger partial charge on any atom is 0.161 e. The topological polar surface area (TPSA) is 61.3 Å². The third-order valence-corrected chi connectivity index (χ3v) is 7.08.